The molecule has 0 spiro atoms. The van der Waals surface area contributed by atoms with Crippen molar-refractivity contribution >= 4 is 17.5 Å². The number of hydrazone groups is 1. The Morgan fingerprint density at radius 2 is 2.19 bits per heavy atom. The van der Waals surface area contributed by atoms with Gasteiger partial charge in [0.1, 0.15) is 0 Å². The molecule has 1 aromatic rings. The van der Waals surface area contributed by atoms with E-state index in [1.807, 2.05) is 18.2 Å². The molecule has 0 aliphatic carbocycles. The molecule has 0 amide bonds. The Bertz CT molecular complexity index is 407. The highest BCUT2D eigenvalue weighted by atomic mass is 15.3. The van der Waals surface area contributed by atoms with E-state index in [-0.39, 0.29) is 0 Å². The van der Waals surface area contributed by atoms with Gasteiger partial charge in [-0.25, -0.2) is 0 Å². The van der Waals surface area contributed by atoms with Gasteiger partial charge in [-0.3, -0.25) is 10.4 Å². The van der Waals surface area contributed by atoms with E-state index < -0.39 is 0 Å². The summed E-state index contributed by atoms with van der Waals surface area (Å²) in [6.07, 6.45) is 10.6. The van der Waals surface area contributed by atoms with Crippen molar-refractivity contribution in [3.8, 4) is 0 Å². The normalized spacial score (nSPS) is 13.7. The largest absolute Gasteiger partial charge is 0.276 e. The average molecular weight is 215 g/mol. The third-order valence-corrected chi connectivity index (χ3v) is 2.63. The Hall–Kier alpha value is -1.64. The highest BCUT2D eigenvalue weighted by molar-refractivity contribution is 6.00. The van der Waals surface area contributed by atoms with E-state index in [9.17, 15) is 0 Å². The minimum atomic E-state index is 0.955. The first kappa shape index (κ1) is 10.9. The molecule has 0 atom stereocenters. The highest BCUT2D eigenvalue weighted by Crippen LogP contribution is 2.17. The maximum atomic E-state index is 4.38. The van der Waals surface area contributed by atoms with Gasteiger partial charge in [0, 0.05) is 6.20 Å². The van der Waals surface area contributed by atoms with Crippen LogP contribution in [0.5, 0.6) is 0 Å². The summed E-state index contributed by atoms with van der Waals surface area (Å²) >= 11 is 0. The fourth-order valence-corrected chi connectivity index (χ4v) is 1.68. The van der Waals surface area contributed by atoms with Crippen LogP contribution in [0.3, 0.4) is 0 Å². The number of hydrogen-bond donors (Lipinski definition) is 1. The van der Waals surface area contributed by atoms with E-state index in [1.54, 1.807) is 6.20 Å². The van der Waals surface area contributed by atoms with Crippen LogP contribution in [0.25, 0.3) is 6.08 Å². The van der Waals surface area contributed by atoms with E-state index in [0.717, 1.165) is 23.5 Å². The van der Waals surface area contributed by atoms with Crippen molar-refractivity contribution in [1.82, 2.24) is 4.98 Å². The minimum Gasteiger partial charge on any atom is -0.276 e. The average Bonchev–Trinajstić information content (AvgIpc) is 2.53. The van der Waals surface area contributed by atoms with Gasteiger partial charge >= 0.3 is 0 Å². The molecule has 0 saturated heterocycles. The topological polar surface area (TPSA) is 37.3 Å². The molecule has 0 radical (unpaired) electrons. The molecule has 0 aromatic carbocycles. The predicted octanol–water partition coefficient (Wildman–Crippen LogP) is 3.46. The number of anilines is 1. The van der Waals surface area contributed by atoms with E-state index in [4.69, 9.17) is 0 Å². The molecule has 1 aliphatic rings. The second kappa shape index (κ2) is 5.45. The molecule has 0 saturated carbocycles. The van der Waals surface area contributed by atoms with Crippen LogP contribution in [0, 0.1) is 0 Å². The third kappa shape index (κ3) is 2.69. The van der Waals surface area contributed by atoms with Crippen molar-refractivity contribution in [3.05, 3.63) is 30.1 Å². The molecule has 1 N–H and O–H groups in total. The van der Waals surface area contributed by atoms with Gasteiger partial charge in [0.15, 0.2) is 0 Å². The number of fused-ring (bicyclic) bond motifs is 1. The smallest absolute Gasteiger partial charge is 0.0880 e. The van der Waals surface area contributed by atoms with E-state index in [0.29, 0.717) is 0 Å². The summed E-state index contributed by atoms with van der Waals surface area (Å²) in [6.45, 7) is 2.21. The summed E-state index contributed by atoms with van der Waals surface area (Å²) in [6, 6.07) is 3.91. The van der Waals surface area contributed by atoms with Crippen molar-refractivity contribution in [2.75, 3.05) is 5.43 Å². The van der Waals surface area contributed by atoms with E-state index in [1.165, 1.54) is 19.3 Å². The van der Waals surface area contributed by atoms with Gasteiger partial charge in [0.25, 0.3) is 0 Å². The standard InChI is InChI=1S/C13H17N3/c1-2-3-4-6-11-8-9-12-13(16-15-11)7-5-10-14-12/h5,7-10,16H,2-4,6H2,1H3. The second-order valence-corrected chi connectivity index (χ2v) is 3.94. The third-order valence-electron chi connectivity index (χ3n) is 2.63. The fraction of sp³-hybridized carbons (Fsp3) is 0.385. The number of unbranched alkanes of at least 4 members (excludes halogenated alkanes) is 2. The fourth-order valence-electron chi connectivity index (χ4n) is 1.68. The zero-order valence-corrected chi connectivity index (χ0v) is 9.61. The highest BCUT2D eigenvalue weighted by Gasteiger charge is 2.04. The van der Waals surface area contributed by atoms with Crippen LogP contribution in [0.1, 0.15) is 38.3 Å². The second-order valence-electron chi connectivity index (χ2n) is 3.94. The quantitative estimate of drug-likeness (QED) is 0.781. The predicted molar refractivity (Wildman–Crippen MR) is 68.5 cm³/mol. The number of nitrogens with one attached hydrogen (secondary N) is 1. The van der Waals surface area contributed by atoms with Gasteiger partial charge in [-0.1, -0.05) is 19.8 Å². The lowest BCUT2D eigenvalue weighted by atomic mass is 10.1. The molecule has 0 bridgehead atoms. The van der Waals surface area contributed by atoms with Gasteiger partial charge < -0.3 is 0 Å². The number of allylic oxidation sites excluding steroid dienone is 1. The van der Waals surface area contributed by atoms with Gasteiger partial charge in [-0.05, 0) is 37.1 Å². The van der Waals surface area contributed by atoms with E-state index in [2.05, 4.69) is 28.5 Å². The SMILES string of the molecule is CCCCCC1=NNc2cccnc2C=C1. The molecule has 16 heavy (non-hydrogen) atoms. The zero-order chi connectivity index (χ0) is 11.2. The summed E-state index contributed by atoms with van der Waals surface area (Å²) < 4.78 is 0. The first-order chi connectivity index (χ1) is 7.90. The Morgan fingerprint density at radius 3 is 3.06 bits per heavy atom. The van der Waals surface area contributed by atoms with Crippen molar-refractivity contribution in [1.29, 1.82) is 0 Å². The Labute approximate surface area is 96.3 Å². The Morgan fingerprint density at radius 1 is 1.25 bits per heavy atom. The maximum Gasteiger partial charge on any atom is 0.0880 e. The Balaban J connectivity index is 2.03. The van der Waals surface area contributed by atoms with E-state index >= 15 is 0 Å². The van der Waals surface area contributed by atoms with Crippen LogP contribution in [-0.2, 0) is 0 Å². The molecule has 0 unspecified atom stereocenters. The summed E-state index contributed by atoms with van der Waals surface area (Å²) in [7, 11) is 0. The van der Waals surface area contributed by atoms with Crippen molar-refractivity contribution in [3.63, 3.8) is 0 Å². The van der Waals surface area contributed by atoms with Crippen LogP contribution in [0.4, 0.5) is 5.69 Å². The Kier molecular flexibility index (Phi) is 3.70. The van der Waals surface area contributed by atoms with Crippen LogP contribution < -0.4 is 5.43 Å². The number of aromatic nitrogens is 1. The lowest BCUT2D eigenvalue weighted by Crippen LogP contribution is -1.97. The van der Waals surface area contributed by atoms with Gasteiger partial charge in [-0.15, -0.1) is 0 Å². The lowest BCUT2D eigenvalue weighted by Gasteiger charge is -2.02. The van der Waals surface area contributed by atoms with Crippen molar-refractivity contribution in [2.24, 2.45) is 5.10 Å². The van der Waals surface area contributed by atoms with Crippen LogP contribution in [0.2, 0.25) is 0 Å². The zero-order valence-electron chi connectivity index (χ0n) is 9.61. The van der Waals surface area contributed by atoms with Gasteiger partial charge in [0.2, 0.25) is 0 Å². The van der Waals surface area contributed by atoms with Gasteiger partial charge in [-0.2, -0.15) is 5.10 Å². The van der Waals surface area contributed by atoms with Gasteiger partial charge in [0.05, 0.1) is 17.1 Å². The molecule has 0 fully saturated rings. The van der Waals surface area contributed by atoms with Crippen LogP contribution in [-0.4, -0.2) is 10.7 Å². The molecule has 1 aromatic heterocycles. The summed E-state index contributed by atoms with van der Waals surface area (Å²) in [5.74, 6) is 0. The summed E-state index contributed by atoms with van der Waals surface area (Å²) in [4.78, 5) is 4.29. The maximum absolute atomic E-state index is 4.38. The molecule has 2 rings (SSSR count). The van der Waals surface area contributed by atoms with Crippen molar-refractivity contribution < 1.29 is 0 Å². The first-order valence-electron chi connectivity index (χ1n) is 5.86. The lowest BCUT2D eigenvalue weighted by molar-refractivity contribution is 0.742. The summed E-state index contributed by atoms with van der Waals surface area (Å²) in [5, 5.41) is 4.38. The number of hydrogen-bond acceptors (Lipinski definition) is 3. The number of pyridine rings is 1. The molecule has 2 heterocycles. The van der Waals surface area contributed by atoms with Crippen LogP contribution in [0.15, 0.2) is 29.5 Å². The van der Waals surface area contributed by atoms with Crippen LogP contribution >= 0.6 is 0 Å². The minimum absolute atomic E-state index is 0.955. The number of rotatable bonds is 4. The molecular weight excluding hydrogens is 198 g/mol. The molecule has 1 aliphatic heterocycles. The number of nitrogens with zero attached hydrogens (tertiary/aromatic N) is 2. The molecule has 3 nitrogen and oxygen atoms in total. The molecular formula is C13H17N3. The first-order valence-corrected chi connectivity index (χ1v) is 5.86. The summed E-state index contributed by atoms with van der Waals surface area (Å²) in [5.41, 5.74) is 6.10. The monoisotopic (exact) mass is 215 g/mol. The van der Waals surface area contributed by atoms with Crippen molar-refractivity contribution in [2.45, 2.75) is 32.6 Å². The molecule has 84 valence electrons. The molecule has 3 heteroatoms.